The first kappa shape index (κ1) is 17.5. The Balaban J connectivity index is 1.62. The molecule has 22 heavy (non-hydrogen) atoms. The fraction of sp³-hybridized carbons (Fsp3) is 0.941. The summed E-state index contributed by atoms with van der Waals surface area (Å²) < 4.78 is 0. The van der Waals surface area contributed by atoms with E-state index in [1.807, 2.05) is 7.05 Å². The quantitative estimate of drug-likeness (QED) is 0.574. The summed E-state index contributed by atoms with van der Waals surface area (Å²) in [6.07, 6.45) is 5.38. The third-order valence-electron chi connectivity index (χ3n) is 5.10. The Hall–Kier alpha value is -0.810. The van der Waals surface area contributed by atoms with Gasteiger partial charge in [0.2, 0.25) is 0 Å². The largest absolute Gasteiger partial charge is 0.355 e. The maximum absolute atomic E-state index is 4.35. The number of likely N-dealkylation sites (N-methyl/N-ethyl adjacent to an activating group) is 1. The maximum atomic E-state index is 4.35. The molecule has 2 atom stereocenters. The van der Waals surface area contributed by atoms with Gasteiger partial charge in [-0.1, -0.05) is 13.8 Å². The number of piperidine rings is 1. The highest BCUT2D eigenvalue weighted by molar-refractivity contribution is 5.79. The monoisotopic (exact) mass is 309 g/mol. The van der Waals surface area contributed by atoms with Crippen LogP contribution in [0, 0.1) is 5.92 Å². The average Bonchev–Trinajstić information content (AvgIpc) is 2.98. The summed E-state index contributed by atoms with van der Waals surface area (Å²) in [6, 6.07) is 0.673. The Kier molecular flexibility index (Phi) is 7.46. The number of nitrogens with one attached hydrogen (secondary N) is 2. The summed E-state index contributed by atoms with van der Waals surface area (Å²) in [5.74, 6) is 1.81. The molecule has 2 aliphatic heterocycles. The van der Waals surface area contributed by atoms with E-state index in [0.29, 0.717) is 6.04 Å². The van der Waals surface area contributed by atoms with Crippen molar-refractivity contribution < 1.29 is 0 Å². The molecule has 2 N–H and O–H groups in total. The second-order valence-corrected chi connectivity index (χ2v) is 6.85. The van der Waals surface area contributed by atoms with Crippen molar-refractivity contribution in [3.63, 3.8) is 0 Å². The van der Waals surface area contributed by atoms with Crippen molar-refractivity contribution in [3.8, 4) is 0 Å². The normalized spacial score (nSPS) is 28.0. The second-order valence-electron chi connectivity index (χ2n) is 6.85. The van der Waals surface area contributed by atoms with Gasteiger partial charge in [0.25, 0.3) is 0 Å². The molecular formula is C17H35N5. The topological polar surface area (TPSA) is 42.9 Å². The minimum absolute atomic E-state index is 0.673. The minimum atomic E-state index is 0.673. The molecule has 2 saturated heterocycles. The lowest BCUT2D eigenvalue weighted by Crippen LogP contribution is -2.47. The zero-order valence-electron chi connectivity index (χ0n) is 14.8. The molecule has 0 amide bonds. The molecule has 2 heterocycles. The molecule has 0 saturated carbocycles. The zero-order valence-corrected chi connectivity index (χ0v) is 14.8. The molecule has 2 rings (SSSR count). The van der Waals surface area contributed by atoms with E-state index >= 15 is 0 Å². The molecule has 128 valence electrons. The number of hydrogen-bond donors (Lipinski definition) is 2. The van der Waals surface area contributed by atoms with Crippen LogP contribution in [0.3, 0.4) is 0 Å². The van der Waals surface area contributed by atoms with Crippen LogP contribution in [0.4, 0.5) is 0 Å². The summed E-state index contributed by atoms with van der Waals surface area (Å²) in [5.41, 5.74) is 0. The Bertz CT molecular complexity index is 344. The minimum Gasteiger partial charge on any atom is -0.355 e. The van der Waals surface area contributed by atoms with Crippen LogP contribution in [-0.2, 0) is 0 Å². The number of aliphatic imine (C=N–C) groups is 1. The molecule has 0 aromatic heterocycles. The molecule has 5 heteroatoms. The summed E-state index contributed by atoms with van der Waals surface area (Å²) in [7, 11) is 1.87. The molecule has 2 aliphatic rings. The molecule has 0 radical (unpaired) electrons. The van der Waals surface area contributed by atoms with E-state index in [1.165, 1.54) is 45.3 Å². The van der Waals surface area contributed by atoms with Crippen LogP contribution >= 0.6 is 0 Å². The van der Waals surface area contributed by atoms with Gasteiger partial charge in [-0.3, -0.25) is 9.89 Å². The van der Waals surface area contributed by atoms with E-state index in [0.717, 1.165) is 38.1 Å². The lowest BCUT2D eigenvalue weighted by molar-refractivity contribution is 0.186. The fourth-order valence-electron chi connectivity index (χ4n) is 3.80. The smallest absolute Gasteiger partial charge is 0.191 e. The van der Waals surface area contributed by atoms with Gasteiger partial charge in [-0.05, 0) is 51.2 Å². The Morgan fingerprint density at radius 3 is 2.73 bits per heavy atom. The standard InChI is InChI=1S/C17H35N5/c1-4-22-11-6-8-16(22)13-20-17(18-3)19-9-12-21-10-5-7-15(2)14-21/h15-16H,4-14H2,1-3H3,(H2,18,19,20). The molecule has 0 aromatic carbocycles. The van der Waals surface area contributed by atoms with Crippen LogP contribution in [0.25, 0.3) is 0 Å². The molecule has 5 nitrogen and oxygen atoms in total. The van der Waals surface area contributed by atoms with E-state index in [1.54, 1.807) is 0 Å². The Morgan fingerprint density at radius 1 is 1.18 bits per heavy atom. The van der Waals surface area contributed by atoms with Crippen molar-refractivity contribution >= 4 is 5.96 Å². The van der Waals surface area contributed by atoms with Crippen molar-refractivity contribution in [1.82, 2.24) is 20.4 Å². The maximum Gasteiger partial charge on any atom is 0.191 e. The van der Waals surface area contributed by atoms with E-state index in [4.69, 9.17) is 0 Å². The predicted octanol–water partition coefficient (Wildman–Crippen LogP) is 1.37. The molecule has 2 unspecified atom stereocenters. The fourth-order valence-corrected chi connectivity index (χ4v) is 3.80. The van der Waals surface area contributed by atoms with Crippen LogP contribution in [0.5, 0.6) is 0 Å². The van der Waals surface area contributed by atoms with Crippen molar-refractivity contribution in [2.45, 2.75) is 45.6 Å². The average molecular weight is 310 g/mol. The van der Waals surface area contributed by atoms with Crippen LogP contribution in [0.15, 0.2) is 4.99 Å². The van der Waals surface area contributed by atoms with Gasteiger partial charge in [0.05, 0.1) is 0 Å². The first-order chi connectivity index (χ1) is 10.7. The highest BCUT2D eigenvalue weighted by Crippen LogP contribution is 2.15. The van der Waals surface area contributed by atoms with Crippen molar-refractivity contribution in [2.24, 2.45) is 10.9 Å². The number of hydrogen-bond acceptors (Lipinski definition) is 3. The van der Waals surface area contributed by atoms with E-state index in [2.05, 4.69) is 39.3 Å². The van der Waals surface area contributed by atoms with Crippen LogP contribution in [0.2, 0.25) is 0 Å². The summed E-state index contributed by atoms with van der Waals surface area (Å²) >= 11 is 0. The lowest BCUT2D eigenvalue weighted by atomic mass is 10.0. The number of guanidine groups is 1. The molecule has 0 bridgehead atoms. The van der Waals surface area contributed by atoms with Crippen molar-refractivity contribution in [2.75, 3.05) is 52.9 Å². The van der Waals surface area contributed by atoms with Gasteiger partial charge in [0.15, 0.2) is 5.96 Å². The van der Waals surface area contributed by atoms with Gasteiger partial charge < -0.3 is 15.5 Å². The van der Waals surface area contributed by atoms with Gasteiger partial charge in [-0.25, -0.2) is 0 Å². The lowest BCUT2D eigenvalue weighted by Gasteiger charge is -2.31. The second kappa shape index (κ2) is 9.36. The highest BCUT2D eigenvalue weighted by atomic mass is 15.2. The molecule has 2 fully saturated rings. The summed E-state index contributed by atoms with van der Waals surface area (Å²) in [6.45, 7) is 12.6. The van der Waals surface area contributed by atoms with Crippen LogP contribution in [-0.4, -0.2) is 74.7 Å². The zero-order chi connectivity index (χ0) is 15.8. The molecule has 0 aliphatic carbocycles. The summed E-state index contributed by atoms with van der Waals surface area (Å²) in [5, 5.41) is 6.97. The highest BCUT2D eigenvalue weighted by Gasteiger charge is 2.22. The van der Waals surface area contributed by atoms with Gasteiger partial charge in [-0.2, -0.15) is 0 Å². The first-order valence-corrected chi connectivity index (χ1v) is 9.13. The first-order valence-electron chi connectivity index (χ1n) is 9.13. The van der Waals surface area contributed by atoms with E-state index in [-0.39, 0.29) is 0 Å². The van der Waals surface area contributed by atoms with Crippen LogP contribution in [0.1, 0.15) is 39.5 Å². The number of likely N-dealkylation sites (tertiary alicyclic amines) is 2. The molecular weight excluding hydrogens is 274 g/mol. The third-order valence-corrected chi connectivity index (χ3v) is 5.10. The third kappa shape index (κ3) is 5.43. The number of rotatable bonds is 6. The van der Waals surface area contributed by atoms with Gasteiger partial charge in [0, 0.05) is 39.3 Å². The predicted molar refractivity (Wildman–Crippen MR) is 94.5 cm³/mol. The number of nitrogens with zero attached hydrogens (tertiary/aromatic N) is 3. The summed E-state index contributed by atoms with van der Waals surface area (Å²) in [4.78, 5) is 9.49. The van der Waals surface area contributed by atoms with Gasteiger partial charge in [-0.15, -0.1) is 0 Å². The van der Waals surface area contributed by atoms with Gasteiger partial charge >= 0.3 is 0 Å². The molecule has 0 spiro atoms. The Labute approximate surface area is 136 Å². The van der Waals surface area contributed by atoms with E-state index < -0.39 is 0 Å². The molecule has 0 aromatic rings. The van der Waals surface area contributed by atoms with Crippen molar-refractivity contribution in [3.05, 3.63) is 0 Å². The van der Waals surface area contributed by atoms with Gasteiger partial charge in [0.1, 0.15) is 0 Å². The SMILES string of the molecule is CCN1CCCC1CNC(=NC)NCCN1CCCC(C)C1. The Morgan fingerprint density at radius 2 is 2.00 bits per heavy atom. The van der Waals surface area contributed by atoms with Crippen LogP contribution < -0.4 is 10.6 Å². The van der Waals surface area contributed by atoms with E-state index in [9.17, 15) is 0 Å². The van der Waals surface area contributed by atoms with Crippen molar-refractivity contribution in [1.29, 1.82) is 0 Å².